The highest BCUT2D eigenvalue weighted by Gasteiger charge is 2.30. The highest BCUT2D eigenvalue weighted by Crippen LogP contribution is 2.29. The standard InChI is InChI=1S/C20H32F3N5.HI/c1-16(14-28-11-9-26(3)10-12-28)13-25-19(24-2)27(4)15-17-5-7-18(8-6-17)20(21,22)23;/h5-8,16H,9-15H2,1-4H3,(H,24,25);1H. The lowest BCUT2D eigenvalue weighted by Crippen LogP contribution is -2.47. The molecule has 1 N–H and O–H groups in total. The number of alkyl halides is 3. The van der Waals surface area contributed by atoms with Gasteiger partial charge in [0.15, 0.2) is 5.96 Å². The molecule has 0 radical (unpaired) electrons. The SMILES string of the molecule is CN=C(NCC(C)CN1CCN(C)CC1)N(C)Cc1ccc(C(F)(F)F)cc1.I. The van der Waals surface area contributed by atoms with Crippen molar-refractivity contribution in [3.63, 3.8) is 0 Å². The second-order valence-corrected chi connectivity index (χ2v) is 7.69. The molecule has 0 saturated carbocycles. The van der Waals surface area contributed by atoms with Crippen molar-refractivity contribution in [3.8, 4) is 0 Å². The number of rotatable bonds is 6. The molecule has 0 aromatic heterocycles. The van der Waals surface area contributed by atoms with Crippen molar-refractivity contribution >= 4 is 29.9 Å². The van der Waals surface area contributed by atoms with Gasteiger partial charge in [-0.1, -0.05) is 19.1 Å². The third-order valence-corrected chi connectivity index (χ3v) is 5.05. The smallest absolute Gasteiger partial charge is 0.356 e. The predicted octanol–water partition coefficient (Wildman–Crippen LogP) is 3.21. The van der Waals surface area contributed by atoms with Crippen LogP contribution in [0, 0.1) is 5.92 Å². The van der Waals surface area contributed by atoms with Gasteiger partial charge >= 0.3 is 6.18 Å². The van der Waals surface area contributed by atoms with E-state index >= 15 is 0 Å². The Kier molecular flexibility index (Phi) is 10.7. The Morgan fingerprint density at radius 3 is 2.28 bits per heavy atom. The summed E-state index contributed by atoms with van der Waals surface area (Å²) in [5, 5.41) is 3.38. The van der Waals surface area contributed by atoms with E-state index in [1.165, 1.54) is 12.1 Å². The van der Waals surface area contributed by atoms with Crippen LogP contribution in [0.15, 0.2) is 29.3 Å². The summed E-state index contributed by atoms with van der Waals surface area (Å²) in [5.74, 6) is 1.21. The molecular weight excluding hydrogens is 494 g/mol. The molecule has 1 fully saturated rings. The maximum atomic E-state index is 12.7. The highest BCUT2D eigenvalue weighted by atomic mass is 127. The van der Waals surface area contributed by atoms with Gasteiger partial charge in [-0.2, -0.15) is 13.2 Å². The van der Waals surface area contributed by atoms with E-state index < -0.39 is 11.7 Å². The first-order valence-corrected chi connectivity index (χ1v) is 9.68. The van der Waals surface area contributed by atoms with Gasteiger partial charge < -0.3 is 20.0 Å². The first kappa shape index (κ1) is 26.0. The van der Waals surface area contributed by atoms with Crippen LogP contribution >= 0.6 is 24.0 Å². The number of piperazine rings is 1. The average Bonchev–Trinajstić information content (AvgIpc) is 2.64. The minimum absolute atomic E-state index is 0. The molecule has 0 spiro atoms. The van der Waals surface area contributed by atoms with E-state index in [0.29, 0.717) is 12.5 Å². The Labute approximate surface area is 189 Å². The van der Waals surface area contributed by atoms with E-state index in [9.17, 15) is 13.2 Å². The zero-order valence-electron chi connectivity index (χ0n) is 17.7. The first-order chi connectivity index (χ1) is 13.2. The molecule has 0 bridgehead atoms. The third-order valence-electron chi connectivity index (χ3n) is 5.05. The van der Waals surface area contributed by atoms with Crippen LogP contribution < -0.4 is 5.32 Å². The number of hydrogen-bond donors (Lipinski definition) is 1. The quantitative estimate of drug-likeness (QED) is 0.350. The second-order valence-electron chi connectivity index (χ2n) is 7.69. The number of hydrogen-bond acceptors (Lipinski definition) is 3. The summed E-state index contributed by atoms with van der Waals surface area (Å²) >= 11 is 0. The van der Waals surface area contributed by atoms with Crippen LogP contribution in [0.25, 0.3) is 0 Å². The largest absolute Gasteiger partial charge is 0.416 e. The summed E-state index contributed by atoms with van der Waals surface area (Å²) in [5.41, 5.74) is 0.183. The van der Waals surface area contributed by atoms with Gasteiger partial charge in [-0.05, 0) is 30.7 Å². The van der Waals surface area contributed by atoms with Crippen molar-refractivity contribution in [2.24, 2.45) is 10.9 Å². The van der Waals surface area contributed by atoms with E-state index in [2.05, 4.69) is 34.1 Å². The lowest BCUT2D eigenvalue weighted by molar-refractivity contribution is -0.137. The number of halogens is 4. The lowest BCUT2D eigenvalue weighted by Gasteiger charge is -2.34. The Balaban J connectivity index is 0.00000420. The van der Waals surface area contributed by atoms with Crippen molar-refractivity contribution < 1.29 is 13.2 Å². The van der Waals surface area contributed by atoms with Crippen LogP contribution in [0.1, 0.15) is 18.1 Å². The van der Waals surface area contributed by atoms with Crippen LogP contribution in [-0.4, -0.2) is 81.1 Å². The maximum absolute atomic E-state index is 12.7. The van der Waals surface area contributed by atoms with Crippen LogP contribution in [0.5, 0.6) is 0 Å². The van der Waals surface area contributed by atoms with E-state index in [1.54, 1.807) is 7.05 Å². The molecule has 1 saturated heterocycles. The topological polar surface area (TPSA) is 34.1 Å². The van der Waals surface area contributed by atoms with Gasteiger partial charge in [-0.15, -0.1) is 24.0 Å². The third kappa shape index (κ3) is 8.67. The fraction of sp³-hybridized carbons (Fsp3) is 0.650. The van der Waals surface area contributed by atoms with Gasteiger partial charge in [0.1, 0.15) is 0 Å². The number of aliphatic imine (C=N–C) groups is 1. The molecule has 5 nitrogen and oxygen atoms in total. The molecule has 1 aliphatic rings. The summed E-state index contributed by atoms with van der Waals surface area (Å²) < 4.78 is 38.0. The van der Waals surface area contributed by atoms with E-state index in [4.69, 9.17) is 0 Å². The van der Waals surface area contributed by atoms with Crippen molar-refractivity contribution in [1.82, 2.24) is 20.0 Å². The zero-order chi connectivity index (χ0) is 20.7. The molecule has 1 aromatic carbocycles. The normalized spacial score (nSPS) is 17.6. The van der Waals surface area contributed by atoms with Gasteiger partial charge in [0.05, 0.1) is 5.56 Å². The summed E-state index contributed by atoms with van der Waals surface area (Å²) in [7, 11) is 5.76. The Morgan fingerprint density at radius 2 is 1.76 bits per heavy atom. The number of nitrogens with zero attached hydrogens (tertiary/aromatic N) is 4. The second kappa shape index (κ2) is 11.9. The van der Waals surface area contributed by atoms with Crippen molar-refractivity contribution in [1.29, 1.82) is 0 Å². The molecule has 1 unspecified atom stereocenters. The summed E-state index contributed by atoms with van der Waals surface area (Å²) in [6.45, 7) is 8.97. The Bertz CT molecular complexity index is 628. The fourth-order valence-electron chi connectivity index (χ4n) is 3.33. The van der Waals surface area contributed by atoms with Gasteiger partial charge in [-0.25, -0.2) is 0 Å². The average molecular weight is 527 g/mol. The van der Waals surface area contributed by atoms with Gasteiger partial charge in [-0.3, -0.25) is 4.99 Å². The van der Waals surface area contributed by atoms with Gasteiger partial charge in [0.2, 0.25) is 0 Å². The summed E-state index contributed by atoms with van der Waals surface area (Å²) in [6, 6.07) is 5.28. The molecule has 0 aliphatic carbocycles. The summed E-state index contributed by atoms with van der Waals surface area (Å²) in [4.78, 5) is 11.1. The van der Waals surface area contributed by atoms with Crippen LogP contribution in [-0.2, 0) is 12.7 Å². The molecule has 2 rings (SSSR count). The molecular formula is C20H33F3IN5. The molecule has 0 amide bonds. The first-order valence-electron chi connectivity index (χ1n) is 9.68. The lowest BCUT2D eigenvalue weighted by atomic mass is 10.1. The van der Waals surface area contributed by atoms with Gasteiger partial charge in [0, 0.05) is 59.9 Å². The van der Waals surface area contributed by atoms with Crippen molar-refractivity contribution in [2.75, 3.05) is 60.4 Å². The van der Waals surface area contributed by atoms with Crippen LogP contribution in [0.2, 0.25) is 0 Å². The number of likely N-dealkylation sites (N-methyl/N-ethyl adjacent to an activating group) is 1. The minimum atomic E-state index is -4.30. The highest BCUT2D eigenvalue weighted by molar-refractivity contribution is 14.0. The maximum Gasteiger partial charge on any atom is 0.416 e. The minimum Gasteiger partial charge on any atom is -0.356 e. The molecule has 166 valence electrons. The number of guanidine groups is 1. The fourth-order valence-corrected chi connectivity index (χ4v) is 3.33. The van der Waals surface area contributed by atoms with Crippen molar-refractivity contribution in [2.45, 2.75) is 19.6 Å². The van der Waals surface area contributed by atoms with Crippen LogP contribution in [0.4, 0.5) is 13.2 Å². The summed E-state index contributed by atoms with van der Waals surface area (Å²) in [6.07, 6.45) is -4.30. The molecule has 1 aromatic rings. The number of nitrogens with one attached hydrogen (secondary N) is 1. The molecule has 1 heterocycles. The molecule has 1 atom stereocenters. The molecule has 29 heavy (non-hydrogen) atoms. The van der Waals surface area contributed by atoms with Crippen LogP contribution in [0.3, 0.4) is 0 Å². The van der Waals surface area contributed by atoms with E-state index in [1.807, 2.05) is 11.9 Å². The predicted molar refractivity (Wildman–Crippen MR) is 123 cm³/mol. The van der Waals surface area contributed by atoms with Gasteiger partial charge in [0.25, 0.3) is 0 Å². The molecule has 9 heteroatoms. The van der Waals surface area contributed by atoms with E-state index in [0.717, 1.165) is 62.9 Å². The monoisotopic (exact) mass is 527 g/mol. The Hall–Kier alpha value is -1.07. The number of benzene rings is 1. The zero-order valence-corrected chi connectivity index (χ0v) is 20.0. The van der Waals surface area contributed by atoms with E-state index in [-0.39, 0.29) is 24.0 Å². The van der Waals surface area contributed by atoms with Crippen molar-refractivity contribution in [3.05, 3.63) is 35.4 Å². The molecule has 1 aliphatic heterocycles. The Morgan fingerprint density at radius 1 is 1.17 bits per heavy atom.